The summed E-state index contributed by atoms with van der Waals surface area (Å²) in [5.74, 6) is 0. The van der Waals surface area contributed by atoms with Gasteiger partial charge < -0.3 is 0 Å². The Morgan fingerprint density at radius 2 is 1.61 bits per heavy atom. The lowest BCUT2D eigenvalue weighted by molar-refractivity contribution is -0.352. The zero-order chi connectivity index (χ0) is 13.8. The molecule has 8 heteroatoms. The molecule has 1 rings (SSSR count). The van der Waals surface area contributed by atoms with E-state index in [1.165, 1.54) is 25.1 Å². The molecule has 3 nitrogen and oxygen atoms in total. The Labute approximate surface area is 99.8 Å². The summed E-state index contributed by atoms with van der Waals surface area (Å²) in [5.41, 5.74) is -4.80. The Bertz CT molecular complexity index is 399. The van der Waals surface area contributed by atoms with Gasteiger partial charge in [-0.25, -0.2) is 0 Å². The van der Waals surface area contributed by atoms with Gasteiger partial charge in [0.15, 0.2) is 0 Å². The standard InChI is InChI=1S/C10H10F5N3/c1-2-9(16-11)10(17(12)13,18(14)15)8-6-4-3-5-7-8/h3-7H,2H2,1H3. The lowest BCUT2D eigenvalue weighted by Gasteiger charge is -2.32. The first-order chi connectivity index (χ1) is 8.51. The van der Waals surface area contributed by atoms with E-state index in [4.69, 9.17) is 0 Å². The molecular weight excluding hydrogens is 257 g/mol. The van der Waals surface area contributed by atoms with Gasteiger partial charge in [-0.2, -0.15) is 0 Å². The lowest BCUT2D eigenvalue weighted by Crippen LogP contribution is -2.52. The quantitative estimate of drug-likeness (QED) is 0.350. The molecule has 0 heterocycles. The minimum Gasteiger partial charge on any atom is -0.0985 e. The van der Waals surface area contributed by atoms with Gasteiger partial charge in [-0.05, 0) is 6.42 Å². The molecule has 1 aromatic rings. The summed E-state index contributed by atoms with van der Waals surface area (Å²) in [6.07, 6.45) is -0.403. The fourth-order valence-electron chi connectivity index (χ4n) is 1.65. The van der Waals surface area contributed by atoms with Crippen LogP contribution in [0.25, 0.3) is 0 Å². The third kappa shape index (κ3) is 2.21. The second kappa shape index (κ2) is 5.87. The van der Waals surface area contributed by atoms with Crippen LogP contribution in [0.5, 0.6) is 0 Å². The van der Waals surface area contributed by atoms with Crippen molar-refractivity contribution in [2.75, 3.05) is 0 Å². The molecule has 0 aliphatic heterocycles. The minimum atomic E-state index is -3.31. The summed E-state index contributed by atoms with van der Waals surface area (Å²) in [5, 5.41) is -1.45. The molecule has 0 saturated carbocycles. The van der Waals surface area contributed by atoms with E-state index in [0.717, 1.165) is 12.1 Å². The van der Waals surface area contributed by atoms with E-state index >= 15 is 0 Å². The van der Waals surface area contributed by atoms with Gasteiger partial charge in [0.25, 0.3) is 5.66 Å². The average molecular weight is 267 g/mol. The van der Waals surface area contributed by atoms with Gasteiger partial charge in [-0.15, -0.1) is 0 Å². The number of rotatable bonds is 5. The highest BCUT2D eigenvalue weighted by Gasteiger charge is 2.53. The highest BCUT2D eigenvalue weighted by Crippen LogP contribution is 2.37. The summed E-state index contributed by atoms with van der Waals surface area (Å²) in [7, 11) is 0. The van der Waals surface area contributed by atoms with Crippen LogP contribution in [0.1, 0.15) is 18.9 Å². The third-order valence-electron chi connectivity index (χ3n) is 2.50. The summed E-state index contributed by atoms with van der Waals surface area (Å²) in [6.45, 7) is 1.25. The Morgan fingerprint density at radius 3 is 1.94 bits per heavy atom. The Balaban J connectivity index is 3.51. The summed E-state index contributed by atoms with van der Waals surface area (Å²) < 4.78 is 64.3. The first-order valence-corrected chi connectivity index (χ1v) is 4.99. The fourth-order valence-corrected chi connectivity index (χ4v) is 1.65. The largest absolute Gasteiger partial charge is 0.261 e. The van der Waals surface area contributed by atoms with Crippen LogP contribution < -0.4 is 0 Å². The first-order valence-electron chi connectivity index (χ1n) is 4.99. The summed E-state index contributed by atoms with van der Waals surface area (Å²) in [6, 6.07) is 6.14. The molecule has 100 valence electrons. The van der Waals surface area contributed by atoms with E-state index in [-0.39, 0.29) is 0 Å². The molecule has 0 aliphatic rings. The lowest BCUT2D eigenvalue weighted by atomic mass is 9.94. The van der Waals surface area contributed by atoms with Crippen molar-refractivity contribution in [3.8, 4) is 0 Å². The molecule has 0 aliphatic carbocycles. The molecule has 0 aromatic heterocycles. The molecule has 0 unspecified atom stereocenters. The Morgan fingerprint density at radius 1 is 1.11 bits per heavy atom. The maximum Gasteiger partial charge on any atom is 0.261 e. The monoisotopic (exact) mass is 267 g/mol. The van der Waals surface area contributed by atoms with E-state index in [9.17, 15) is 22.4 Å². The molecule has 18 heavy (non-hydrogen) atoms. The second-order valence-corrected chi connectivity index (χ2v) is 3.39. The molecule has 0 bridgehead atoms. The van der Waals surface area contributed by atoms with Crippen molar-refractivity contribution >= 4 is 5.71 Å². The average Bonchev–Trinajstić information content (AvgIpc) is 2.35. The topological polar surface area (TPSA) is 18.8 Å². The molecule has 0 spiro atoms. The van der Waals surface area contributed by atoms with Gasteiger partial charge in [-0.3, -0.25) is 0 Å². The number of hydrogen-bond donors (Lipinski definition) is 0. The van der Waals surface area contributed by atoms with Crippen molar-refractivity contribution in [2.45, 2.75) is 19.0 Å². The SMILES string of the molecule is CCC(=NF)C(c1ccccc1)(N(F)F)N(F)F. The molecule has 0 radical (unpaired) electrons. The maximum atomic E-state index is 13.0. The van der Waals surface area contributed by atoms with E-state index in [1.54, 1.807) is 0 Å². The van der Waals surface area contributed by atoms with E-state index < -0.39 is 34.0 Å². The predicted octanol–water partition coefficient (Wildman–Crippen LogP) is 3.72. The summed E-state index contributed by atoms with van der Waals surface area (Å²) >= 11 is 0. The van der Waals surface area contributed by atoms with Gasteiger partial charge in [0.1, 0.15) is 5.71 Å². The highest BCUT2D eigenvalue weighted by molar-refractivity contribution is 5.93. The first kappa shape index (κ1) is 14.5. The van der Waals surface area contributed by atoms with Crippen LogP contribution in [0, 0.1) is 0 Å². The van der Waals surface area contributed by atoms with Crippen LogP contribution in [-0.4, -0.2) is 16.4 Å². The van der Waals surface area contributed by atoms with Crippen LogP contribution >= 0.6 is 0 Å². The molecular formula is C10H10F5N3. The van der Waals surface area contributed by atoms with Gasteiger partial charge in [0, 0.05) is 5.56 Å². The van der Waals surface area contributed by atoms with Crippen molar-refractivity contribution in [1.29, 1.82) is 0 Å². The normalized spacial score (nSPS) is 13.4. The van der Waals surface area contributed by atoms with Crippen LogP contribution in [0.2, 0.25) is 0 Å². The number of hydrogen-bond acceptors (Lipinski definition) is 3. The Kier molecular flexibility index (Phi) is 4.74. The van der Waals surface area contributed by atoms with Gasteiger partial charge >= 0.3 is 0 Å². The van der Waals surface area contributed by atoms with Crippen LogP contribution in [0.4, 0.5) is 22.4 Å². The van der Waals surface area contributed by atoms with Crippen LogP contribution in [0.15, 0.2) is 35.5 Å². The van der Waals surface area contributed by atoms with Crippen LogP contribution in [-0.2, 0) is 5.66 Å². The molecule has 0 atom stereocenters. The second-order valence-electron chi connectivity index (χ2n) is 3.39. The van der Waals surface area contributed by atoms with Crippen molar-refractivity contribution in [3.63, 3.8) is 0 Å². The minimum absolute atomic E-state index is 0.403. The van der Waals surface area contributed by atoms with Crippen molar-refractivity contribution in [3.05, 3.63) is 35.9 Å². The number of halogens is 5. The van der Waals surface area contributed by atoms with Crippen molar-refractivity contribution < 1.29 is 22.4 Å². The smallest absolute Gasteiger partial charge is 0.0985 e. The Hall–Kier alpha value is -1.54. The number of nitrogens with zero attached hydrogens (tertiary/aromatic N) is 3. The molecule has 1 aromatic carbocycles. The zero-order valence-corrected chi connectivity index (χ0v) is 9.33. The fraction of sp³-hybridized carbons (Fsp3) is 0.300. The summed E-state index contributed by atoms with van der Waals surface area (Å²) in [4.78, 5) is 0. The molecule has 0 N–H and O–H groups in total. The van der Waals surface area contributed by atoms with E-state index in [1.807, 2.05) is 0 Å². The number of benzene rings is 1. The van der Waals surface area contributed by atoms with Crippen molar-refractivity contribution in [1.82, 2.24) is 10.7 Å². The zero-order valence-electron chi connectivity index (χ0n) is 9.33. The van der Waals surface area contributed by atoms with Crippen LogP contribution in [0.3, 0.4) is 0 Å². The maximum absolute atomic E-state index is 13.0. The molecule has 0 saturated heterocycles. The van der Waals surface area contributed by atoms with Gasteiger partial charge in [0.2, 0.25) is 0 Å². The van der Waals surface area contributed by atoms with E-state index in [0.29, 0.717) is 0 Å². The van der Waals surface area contributed by atoms with Crippen molar-refractivity contribution in [2.24, 2.45) is 5.21 Å². The van der Waals surface area contributed by atoms with E-state index in [2.05, 4.69) is 5.21 Å². The predicted molar refractivity (Wildman–Crippen MR) is 55.1 cm³/mol. The third-order valence-corrected chi connectivity index (χ3v) is 2.50. The highest BCUT2D eigenvalue weighted by atomic mass is 19.4. The molecule has 0 fully saturated rings. The van der Waals surface area contributed by atoms with Gasteiger partial charge in [0.05, 0.1) is 10.7 Å². The van der Waals surface area contributed by atoms with Gasteiger partial charge in [-0.1, -0.05) is 64.9 Å². The molecule has 0 amide bonds.